The van der Waals surface area contributed by atoms with Crippen LogP contribution in [-0.2, 0) is 7.05 Å². The molecule has 2 nitrogen and oxygen atoms in total. The quantitative estimate of drug-likeness (QED) is 0.319. The largest absolute Gasteiger partial charge is 0.455 e. The van der Waals surface area contributed by atoms with Crippen molar-refractivity contribution in [2.45, 2.75) is 26.7 Å². The summed E-state index contributed by atoms with van der Waals surface area (Å²) in [5, 5.41) is 4.80. The monoisotopic (exact) mass is 366 g/mol. The highest BCUT2D eigenvalue weighted by Crippen LogP contribution is 2.38. The van der Waals surface area contributed by atoms with Gasteiger partial charge in [-0.1, -0.05) is 50.2 Å². The van der Waals surface area contributed by atoms with E-state index in [0.29, 0.717) is 5.92 Å². The van der Waals surface area contributed by atoms with E-state index >= 15 is 0 Å². The van der Waals surface area contributed by atoms with Gasteiger partial charge in [-0.15, -0.1) is 0 Å². The Hall–Kier alpha value is -3.13. The maximum Gasteiger partial charge on any atom is 0.216 e. The molecule has 0 fully saturated rings. The number of rotatable bonds is 2. The third-order valence-corrected chi connectivity index (χ3v) is 5.80. The molecule has 138 valence electrons. The summed E-state index contributed by atoms with van der Waals surface area (Å²) in [6.07, 6.45) is 2.23. The molecule has 0 saturated carbocycles. The second-order valence-electron chi connectivity index (χ2n) is 8.05. The Morgan fingerprint density at radius 1 is 0.857 bits per heavy atom. The Balaban J connectivity index is 1.84. The van der Waals surface area contributed by atoms with Gasteiger partial charge in [0.1, 0.15) is 18.2 Å². The summed E-state index contributed by atoms with van der Waals surface area (Å²) in [5.41, 5.74) is 6.84. The predicted octanol–water partition coefficient (Wildman–Crippen LogP) is 6.66. The van der Waals surface area contributed by atoms with Crippen LogP contribution in [0.4, 0.5) is 0 Å². The van der Waals surface area contributed by atoms with Crippen molar-refractivity contribution < 1.29 is 8.98 Å². The van der Waals surface area contributed by atoms with Crippen molar-refractivity contribution in [2.24, 2.45) is 7.05 Å². The maximum absolute atomic E-state index is 6.45. The van der Waals surface area contributed by atoms with Gasteiger partial charge in [-0.25, -0.2) is 4.57 Å². The number of furan rings is 1. The number of benzene rings is 3. The van der Waals surface area contributed by atoms with Crippen LogP contribution in [0.5, 0.6) is 0 Å². The maximum atomic E-state index is 6.45. The lowest BCUT2D eigenvalue weighted by Crippen LogP contribution is -2.31. The van der Waals surface area contributed by atoms with Gasteiger partial charge in [-0.05, 0) is 47.4 Å². The number of pyridine rings is 1. The van der Waals surface area contributed by atoms with E-state index < -0.39 is 0 Å². The van der Waals surface area contributed by atoms with Gasteiger partial charge in [0.25, 0.3) is 0 Å². The SMILES string of the molecule is Cc1ccc2c(oc3cc4ccccc4cc32)c1-c1ccc(C(C)C)c[n+]1C. The molecule has 0 atom stereocenters. The molecule has 0 amide bonds. The molecule has 5 rings (SSSR count). The van der Waals surface area contributed by atoms with Crippen LogP contribution in [0.1, 0.15) is 30.9 Å². The van der Waals surface area contributed by atoms with Gasteiger partial charge in [-0.2, -0.15) is 0 Å². The van der Waals surface area contributed by atoms with Crippen molar-refractivity contribution >= 4 is 32.7 Å². The number of fused-ring (bicyclic) bond motifs is 4. The highest BCUT2D eigenvalue weighted by molar-refractivity contribution is 6.13. The molecule has 0 aliphatic rings. The van der Waals surface area contributed by atoms with Crippen molar-refractivity contribution in [1.29, 1.82) is 0 Å². The molecule has 0 aliphatic heterocycles. The van der Waals surface area contributed by atoms with E-state index in [1.165, 1.54) is 43.9 Å². The Labute approximate surface area is 165 Å². The van der Waals surface area contributed by atoms with Crippen molar-refractivity contribution in [2.75, 3.05) is 0 Å². The summed E-state index contributed by atoms with van der Waals surface area (Å²) in [4.78, 5) is 0. The van der Waals surface area contributed by atoms with E-state index in [1.807, 2.05) is 0 Å². The normalized spacial score (nSPS) is 11.9. The van der Waals surface area contributed by atoms with Crippen molar-refractivity contribution in [3.63, 3.8) is 0 Å². The molecule has 0 bridgehead atoms. The summed E-state index contributed by atoms with van der Waals surface area (Å²) in [7, 11) is 2.12. The minimum absolute atomic E-state index is 0.510. The lowest BCUT2D eigenvalue weighted by atomic mass is 9.98. The van der Waals surface area contributed by atoms with Gasteiger partial charge in [0.05, 0.1) is 5.56 Å². The van der Waals surface area contributed by atoms with E-state index in [0.717, 1.165) is 11.2 Å². The highest BCUT2D eigenvalue weighted by Gasteiger charge is 2.21. The first kappa shape index (κ1) is 17.0. The third-order valence-electron chi connectivity index (χ3n) is 5.80. The summed E-state index contributed by atoms with van der Waals surface area (Å²) in [6, 6.07) is 21.7. The van der Waals surface area contributed by atoms with E-state index in [-0.39, 0.29) is 0 Å². The third kappa shape index (κ3) is 2.52. The number of aryl methyl sites for hydroxylation is 2. The molecule has 2 aromatic heterocycles. The summed E-state index contributed by atoms with van der Waals surface area (Å²) in [6.45, 7) is 6.62. The lowest BCUT2D eigenvalue weighted by molar-refractivity contribution is -0.660. The number of nitrogens with zero attached hydrogens (tertiary/aromatic N) is 1. The molecule has 0 saturated heterocycles. The summed E-state index contributed by atoms with van der Waals surface area (Å²) in [5.74, 6) is 0.510. The van der Waals surface area contributed by atoms with E-state index in [1.54, 1.807) is 0 Å². The molecule has 0 N–H and O–H groups in total. The molecule has 0 aliphatic carbocycles. The van der Waals surface area contributed by atoms with Crippen LogP contribution in [-0.4, -0.2) is 0 Å². The van der Waals surface area contributed by atoms with Gasteiger partial charge in [0.2, 0.25) is 5.69 Å². The average Bonchev–Trinajstić information content (AvgIpc) is 3.03. The van der Waals surface area contributed by atoms with Gasteiger partial charge in [0.15, 0.2) is 6.20 Å². The van der Waals surface area contributed by atoms with Crippen LogP contribution in [0.15, 0.2) is 71.3 Å². The molecular weight excluding hydrogens is 342 g/mol. The standard InChI is InChI=1S/C26H24NO/c1-16(2)20-10-12-23(27(4)15-20)25-17(3)9-11-21-22-13-18-7-5-6-8-19(18)14-24(22)28-26(21)25/h5-16H,1-4H3/q+1. The first-order chi connectivity index (χ1) is 13.5. The molecule has 28 heavy (non-hydrogen) atoms. The first-order valence-electron chi connectivity index (χ1n) is 9.87. The number of hydrogen-bond acceptors (Lipinski definition) is 1. The first-order valence-corrected chi connectivity index (χ1v) is 9.87. The molecule has 2 heteroatoms. The van der Waals surface area contributed by atoms with Crippen molar-refractivity contribution in [1.82, 2.24) is 0 Å². The fourth-order valence-corrected chi connectivity index (χ4v) is 4.17. The Morgan fingerprint density at radius 3 is 2.32 bits per heavy atom. The Morgan fingerprint density at radius 2 is 1.61 bits per heavy atom. The minimum atomic E-state index is 0.510. The van der Waals surface area contributed by atoms with Crippen LogP contribution < -0.4 is 4.57 Å². The van der Waals surface area contributed by atoms with Crippen LogP contribution in [0.25, 0.3) is 44.0 Å². The van der Waals surface area contributed by atoms with Crippen LogP contribution in [0.3, 0.4) is 0 Å². The smallest absolute Gasteiger partial charge is 0.216 e. The number of aromatic nitrogens is 1. The fraction of sp³-hybridized carbons (Fsp3) is 0.192. The van der Waals surface area contributed by atoms with Gasteiger partial charge >= 0.3 is 0 Å². The summed E-state index contributed by atoms with van der Waals surface area (Å²) < 4.78 is 8.67. The second-order valence-corrected chi connectivity index (χ2v) is 8.05. The van der Waals surface area contributed by atoms with E-state index in [9.17, 15) is 0 Å². The molecule has 3 aromatic carbocycles. The Bertz CT molecular complexity index is 1360. The fourth-order valence-electron chi connectivity index (χ4n) is 4.17. The van der Waals surface area contributed by atoms with Crippen LogP contribution in [0.2, 0.25) is 0 Å². The molecule has 0 spiro atoms. The van der Waals surface area contributed by atoms with Crippen LogP contribution in [0, 0.1) is 6.92 Å². The van der Waals surface area contributed by atoms with Gasteiger partial charge in [0, 0.05) is 22.4 Å². The van der Waals surface area contributed by atoms with E-state index in [2.05, 4.69) is 99.2 Å². The van der Waals surface area contributed by atoms with Crippen molar-refractivity contribution in [3.8, 4) is 11.3 Å². The zero-order valence-corrected chi connectivity index (χ0v) is 16.8. The second kappa shape index (κ2) is 6.20. The van der Waals surface area contributed by atoms with Gasteiger partial charge in [-0.3, -0.25) is 0 Å². The topological polar surface area (TPSA) is 17.0 Å². The van der Waals surface area contributed by atoms with Crippen LogP contribution >= 0.6 is 0 Å². The van der Waals surface area contributed by atoms with Crippen molar-refractivity contribution in [3.05, 3.63) is 78.0 Å². The zero-order valence-electron chi connectivity index (χ0n) is 16.8. The zero-order chi connectivity index (χ0) is 19.4. The highest BCUT2D eigenvalue weighted by atomic mass is 16.3. The molecule has 0 radical (unpaired) electrons. The molecule has 0 unspecified atom stereocenters. The predicted molar refractivity (Wildman–Crippen MR) is 117 cm³/mol. The minimum Gasteiger partial charge on any atom is -0.455 e. The van der Waals surface area contributed by atoms with Gasteiger partial charge < -0.3 is 4.42 Å². The molecule has 2 heterocycles. The lowest BCUT2D eigenvalue weighted by Gasteiger charge is -2.08. The molecule has 5 aromatic rings. The summed E-state index contributed by atoms with van der Waals surface area (Å²) >= 11 is 0. The van der Waals surface area contributed by atoms with E-state index in [4.69, 9.17) is 4.42 Å². The molecular formula is C26H24NO+. The average molecular weight is 366 g/mol. The Kier molecular flexibility index (Phi) is 3.77. The number of hydrogen-bond donors (Lipinski definition) is 0.